The maximum Gasteiger partial charge on any atom is 0.269 e. The Balaban J connectivity index is 1.81. The van der Waals surface area contributed by atoms with E-state index < -0.39 is 4.92 Å². The predicted octanol–water partition coefficient (Wildman–Crippen LogP) is 3.05. The topological polar surface area (TPSA) is 55.6 Å². The van der Waals surface area contributed by atoms with E-state index in [9.17, 15) is 10.1 Å². The van der Waals surface area contributed by atoms with Crippen molar-refractivity contribution in [3.05, 3.63) is 40.3 Å². The third-order valence-electron chi connectivity index (χ3n) is 3.42. The van der Waals surface area contributed by atoms with Crippen LogP contribution in [0.2, 0.25) is 0 Å². The van der Waals surface area contributed by atoms with Crippen LogP contribution in [0.3, 0.4) is 0 Å². The second-order valence-electron chi connectivity index (χ2n) is 5.55. The van der Waals surface area contributed by atoms with Crippen molar-refractivity contribution in [3.63, 3.8) is 0 Å². The normalized spacial score (nSPS) is 17.4. The van der Waals surface area contributed by atoms with Gasteiger partial charge in [0.25, 0.3) is 5.69 Å². The number of nitro groups is 1. The van der Waals surface area contributed by atoms with Gasteiger partial charge in [0.1, 0.15) is 11.9 Å². The molecule has 1 fully saturated rings. The van der Waals surface area contributed by atoms with Crippen molar-refractivity contribution < 1.29 is 9.66 Å². The van der Waals surface area contributed by atoms with Gasteiger partial charge in [0.15, 0.2) is 0 Å². The average Bonchev–Trinajstić information content (AvgIpc) is 2.41. The molecule has 5 heteroatoms. The van der Waals surface area contributed by atoms with Crippen molar-refractivity contribution >= 4 is 5.69 Å². The lowest BCUT2D eigenvalue weighted by atomic mass is 10.1. The fourth-order valence-corrected chi connectivity index (χ4v) is 2.47. The molecule has 0 aromatic heterocycles. The molecule has 1 aliphatic heterocycles. The lowest BCUT2D eigenvalue weighted by molar-refractivity contribution is -0.384. The molecule has 109 valence electrons. The van der Waals surface area contributed by atoms with Gasteiger partial charge in [-0.15, -0.1) is 0 Å². The van der Waals surface area contributed by atoms with E-state index in [0.29, 0.717) is 5.75 Å². The average molecular weight is 277 g/mol. The van der Waals surface area contributed by atoms with Gasteiger partial charge in [0.05, 0.1) is 4.92 Å². The molecular weight excluding hydrogens is 256 g/mol. The predicted molar refractivity (Wildman–Crippen MR) is 77.8 cm³/mol. The minimum Gasteiger partial charge on any atom is -0.490 e. The van der Waals surface area contributed by atoms with E-state index in [2.05, 4.69) is 18.7 Å². The summed E-state index contributed by atoms with van der Waals surface area (Å²) in [6.45, 7) is 7.45. The first kappa shape index (κ1) is 14.8. The van der Waals surface area contributed by atoms with E-state index in [1.165, 1.54) is 18.1 Å². The zero-order valence-corrected chi connectivity index (χ0v) is 12.0. The van der Waals surface area contributed by atoms with Crippen LogP contribution in [0.4, 0.5) is 5.69 Å². The molecule has 2 rings (SSSR count). The van der Waals surface area contributed by atoms with Crippen LogP contribution in [0.25, 0.3) is 0 Å². The highest BCUT2D eigenvalue weighted by Crippen LogP contribution is 2.22. The van der Waals surface area contributed by atoms with Crippen molar-refractivity contribution in [1.29, 1.82) is 0 Å². The summed E-state index contributed by atoms with van der Waals surface area (Å²) >= 11 is 0. The quantitative estimate of drug-likeness (QED) is 0.613. The summed E-state index contributed by atoms with van der Waals surface area (Å²) < 4.78 is 5.89. The van der Waals surface area contributed by atoms with E-state index in [1.54, 1.807) is 12.1 Å². The molecule has 0 bridgehead atoms. The van der Waals surface area contributed by atoms with Crippen molar-refractivity contribution in [1.82, 2.24) is 4.90 Å². The second kappa shape index (κ2) is 6.70. The first-order valence-electron chi connectivity index (χ1n) is 6.97. The smallest absolute Gasteiger partial charge is 0.269 e. The second-order valence-corrected chi connectivity index (χ2v) is 5.55. The van der Waals surface area contributed by atoms with Gasteiger partial charge >= 0.3 is 0 Å². The zero-order chi connectivity index (χ0) is 14.5. The summed E-state index contributed by atoms with van der Waals surface area (Å²) in [6.07, 6.45) is 2.22. The molecule has 1 saturated heterocycles. The first-order valence-corrected chi connectivity index (χ1v) is 6.97. The Bertz CT molecular complexity index is 437. The molecule has 0 saturated carbocycles. The Kier molecular flexibility index (Phi) is 4.95. The number of benzene rings is 1. The molecule has 20 heavy (non-hydrogen) atoms. The summed E-state index contributed by atoms with van der Waals surface area (Å²) in [5, 5.41) is 10.6. The Morgan fingerprint density at radius 3 is 2.40 bits per heavy atom. The lowest BCUT2D eigenvalue weighted by Gasteiger charge is -2.32. The number of ether oxygens (including phenoxy) is 1. The van der Waals surface area contributed by atoms with E-state index >= 15 is 0 Å². The SMILES string of the molecule is C[C](C)CN1CCC(Oc2ccc([N+](=O)[O-])cc2)CC1. The molecule has 0 aliphatic carbocycles. The summed E-state index contributed by atoms with van der Waals surface area (Å²) in [4.78, 5) is 12.6. The molecule has 0 amide bonds. The fraction of sp³-hybridized carbons (Fsp3) is 0.533. The van der Waals surface area contributed by atoms with Crippen LogP contribution in [-0.4, -0.2) is 35.6 Å². The molecule has 0 spiro atoms. The molecule has 5 nitrogen and oxygen atoms in total. The third kappa shape index (κ3) is 4.20. The van der Waals surface area contributed by atoms with Crippen molar-refractivity contribution in [2.45, 2.75) is 32.8 Å². The maximum absolute atomic E-state index is 10.6. The van der Waals surface area contributed by atoms with Gasteiger partial charge < -0.3 is 9.64 Å². The van der Waals surface area contributed by atoms with Crippen LogP contribution in [0.15, 0.2) is 24.3 Å². The van der Waals surface area contributed by atoms with Gasteiger partial charge in [-0.2, -0.15) is 0 Å². The van der Waals surface area contributed by atoms with Crippen LogP contribution >= 0.6 is 0 Å². The fourth-order valence-electron chi connectivity index (χ4n) is 2.47. The van der Waals surface area contributed by atoms with Crippen LogP contribution in [-0.2, 0) is 0 Å². The monoisotopic (exact) mass is 277 g/mol. The van der Waals surface area contributed by atoms with Crippen molar-refractivity contribution in [2.75, 3.05) is 19.6 Å². The standard InChI is InChI=1S/C15H21N2O3/c1-12(2)11-16-9-7-15(8-10-16)20-14-5-3-13(4-6-14)17(18)19/h3-6,15H,7-11H2,1-2H3. The largest absolute Gasteiger partial charge is 0.490 e. The molecule has 0 N–H and O–H groups in total. The van der Waals surface area contributed by atoms with E-state index in [1.807, 2.05) is 0 Å². The summed E-state index contributed by atoms with van der Waals surface area (Å²) in [5.74, 6) is 2.15. The highest BCUT2D eigenvalue weighted by atomic mass is 16.6. The molecule has 1 aromatic rings. The summed E-state index contributed by atoms with van der Waals surface area (Å²) in [6, 6.07) is 6.32. The Labute approximate surface area is 119 Å². The number of nitro benzene ring substituents is 1. The highest BCUT2D eigenvalue weighted by molar-refractivity contribution is 5.36. The van der Waals surface area contributed by atoms with Crippen LogP contribution in [0.1, 0.15) is 26.7 Å². The van der Waals surface area contributed by atoms with Crippen LogP contribution in [0, 0.1) is 16.0 Å². The van der Waals surface area contributed by atoms with E-state index in [-0.39, 0.29) is 11.8 Å². The Hall–Kier alpha value is -1.62. The first-order chi connectivity index (χ1) is 9.54. The molecule has 1 heterocycles. The lowest BCUT2D eigenvalue weighted by Crippen LogP contribution is -2.39. The molecule has 1 radical (unpaired) electrons. The number of piperidine rings is 1. The van der Waals surface area contributed by atoms with Crippen LogP contribution < -0.4 is 4.74 Å². The van der Waals surface area contributed by atoms with Crippen LogP contribution in [0.5, 0.6) is 5.75 Å². The third-order valence-corrected chi connectivity index (χ3v) is 3.42. The van der Waals surface area contributed by atoms with Gasteiger partial charge in [0, 0.05) is 31.8 Å². The molecular formula is C15H21N2O3. The van der Waals surface area contributed by atoms with Gasteiger partial charge in [-0.1, -0.05) is 13.8 Å². The van der Waals surface area contributed by atoms with E-state index in [0.717, 1.165) is 32.5 Å². The molecule has 0 atom stereocenters. The molecule has 1 aromatic carbocycles. The molecule has 1 aliphatic rings. The minimum absolute atomic E-state index is 0.0983. The maximum atomic E-state index is 10.6. The zero-order valence-electron chi connectivity index (χ0n) is 12.0. The number of hydrogen-bond donors (Lipinski definition) is 0. The highest BCUT2D eigenvalue weighted by Gasteiger charge is 2.21. The number of rotatable bonds is 5. The van der Waals surface area contributed by atoms with Crippen molar-refractivity contribution in [3.8, 4) is 5.75 Å². The Morgan fingerprint density at radius 2 is 1.90 bits per heavy atom. The van der Waals surface area contributed by atoms with Gasteiger partial charge in [-0.05, 0) is 30.9 Å². The number of nitrogens with zero attached hydrogens (tertiary/aromatic N) is 2. The van der Waals surface area contributed by atoms with E-state index in [4.69, 9.17) is 4.74 Å². The Morgan fingerprint density at radius 1 is 1.30 bits per heavy atom. The van der Waals surface area contributed by atoms with Gasteiger partial charge in [-0.25, -0.2) is 0 Å². The van der Waals surface area contributed by atoms with Gasteiger partial charge in [0.2, 0.25) is 0 Å². The number of likely N-dealkylation sites (tertiary alicyclic amines) is 1. The number of non-ortho nitro benzene ring substituents is 1. The summed E-state index contributed by atoms with van der Waals surface area (Å²) in [7, 11) is 0. The van der Waals surface area contributed by atoms with Gasteiger partial charge in [-0.3, -0.25) is 10.1 Å². The summed E-state index contributed by atoms with van der Waals surface area (Å²) in [5.41, 5.74) is 0.0983. The number of hydrogen-bond acceptors (Lipinski definition) is 4. The molecule has 0 unspecified atom stereocenters. The van der Waals surface area contributed by atoms with Crippen molar-refractivity contribution in [2.24, 2.45) is 0 Å². The minimum atomic E-state index is -0.397.